The van der Waals surface area contributed by atoms with E-state index >= 15 is 0 Å². The number of allylic oxidation sites excluding steroid dienone is 3. The van der Waals surface area contributed by atoms with Crippen LogP contribution in [-0.2, 0) is 0 Å². The van der Waals surface area contributed by atoms with Crippen molar-refractivity contribution in [3.05, 3.63) is 24.4 Å². The topological polar surface area (TPSA) is 26.0 Å². The number of hydrogen-bond donors (Lipinski definition) is 1. The predicted octanol–water partition coefficient (Wildman–Crippen LogP) is 2.84. The molecule has 1 heteroatoms. The largest absolute Gasteiger partial charge is 0.403 e. The smallest absolute Gasteiger partial charge is 0.000833 e. The molecule has 0 spiro atoms. The Morgan fingerprint density at radius 2 is 2.27 bits per heavy atom. The molecule has 2 N–H and O–H groups in total. The van der Waals surface area contributed by atoms with Crippen LogP contribution in [0, 0.1) is 5.92 Å². The van der Waals surface area contributed by atoms with Gasteiger partial charge in [-0.25, -0.2) is 0 Å². The molecule has 0 aromatic heterocycles. The van der Waals surface area contributed by atoms with Gasteiger partial charge in [-0.2, -0.15) is 0 Å². The third-order valence-corrected chi connectivity index (χ3v) is 1.69. The van der Waals surface area contributed by atoms with E-state index in [1.807, 2.05) is 13.0 Å². The van der Waals surface area contributed by atoms with Crippen molar-refractivity contribution in [2.45, 2.75) is 33.1 Å². The van der Waals surface area contributed by atoms with E-state index in [0.29, 0.717) is 0 Å². The Bertz CT molecular complexity index is 132. The molecule has 0 amide bonds. The first kappa shape index (κ1) is 10.3. The van der Waals surface area contributed by atoms with Gasteiger partial charge in [0.25, 0.3) is 0 Å². The lowest BCUT2D eigenvalue weighted by atomic mass is 10.0. The van der Waals surface area contributed by atoms with Gasteiger partial charge in [-0.1, -0.05) is 19.1 Å². The molecule has 0 fully saturated rings. The molecule has 64 valence electrons. The summed E-state index contributed by atoms with van der Waals surface area (Å²) < 4.78 is 0. The van der Waals surface area contributed by atoms with Gasteiger partial charge in [0.2, 0.25) is 0 Å². The molecule has 1 unspecified atom stereocenters. The van der Waals surface area contributed by atoms with Crippen LogP contribution >= 0.6 is 0 Å². The average Bonchev–Trinajstić information content (AvgIpc) is 1.87. The average molecular weight is 153 g/mol. The lowest BCUT2D eigenvalue weighted by molar-refractivity contribution is 0.546. The van der Waals surface area contributed by atoms with Crippen LogP contribution in [0.1, 0.15) is 33.1 Å². The van der Waals surface area contributed by atoms with Crippen molar-refractivity contribution in [3.63, 3.8) is 0 Å². The lowest BCUT2D eigenvalue weighted by Crippen LogP contribution is -1.93. The summed E-state index contributed by atoms with van der Waals surface area (Å²) >= 11 is 0. The van der Waals surface area contributed by atoms with Gasteiger partial charge in [-0.3, -0.25) is 0 Å². The van der Waals surface area contributed by atoms with E-state index in [-0.39, 0.29) is 0 Å². The van der Waals surface area contributed by atoms with Crippen LogP contribution in [0.2, 0.25) is 0 Å². The van der Waals surface area contributed by atoms with E-state index in [1.54, 1.807) is 0 Å². The van der Waals surface area contributed by atoms with Gasteiger partial charge in [-0.05, 0) is 32.1 Å². The lowest BCUT2D eigenvalue weighted by Gasteiger charge is -2.05. The molecule has 11 heavy (non-hydrogen) atoms. The van der Waals surface area contributed by atoms with Crippen LogP contribution in [0.15, 0.2) is 24.4 Å². The van der Waals surface area contributed by atoms with Crippen molar-refractivity contribution in [1.82, 2.24) is 0 Å². The fraction of sp³-hybridized carbons (Fsp3) is 0.600. The monoisotopic (exact) mass is 153 g/mol. The minimum Gasteiger partial charge on any atom is -0.403 e. The molecule has 0 saturated heterocycles. The van der Waals surface area contributed by atoms with Gasteiger partial charge < -0.3 is 5.73 Å². The highest BCUT2D eigenvalue weighted by molar-refractivity contribution is 4.91. The Morgan fingerprint density at radius 1 is 1.64 bits per heavy atom. The van der Waals surface area contributed by atoms with Gasteiger partial charge in [-0.15, -0.1) is 6.58 Å². The highest BCUT2D eigenvalue weighted by Crippen LogP contribution is 2.10. The zero-order valence-corrected chi connectivity index (χ0v) is 7.64. The molecule has 0 aliphatic heterocycles. The molecular weight excluding hydrogens is 134 g/mol. The molecule has 0 aliphatic carbocycles. The van der Waals surface area contributed by atoms with Gasteiger partial charge >= 0.3 is 0 Å². The van der Waals surface area contributed by atoms with Crippen LogP contribution in [0.3, 0.4) is 0 Å². The minimum atomic E-state index is 0.739. The molecule has 0 aromatic carbocycles. The maximum Gasteiger partial charge on any atom is 0.000833 e. The van der Waals surface area contributed by atoms with Crippen molar-refractivity contribution >= 4 is 0 Å². The van der Waals surface area contributed by atoms with Gasteiger partial charge in [0.05, 0.1) is 0 Å². The third-order valence-electron chi connectivity index (χ3n) is 1.69. The summed E-state index contributed by atoms with van der Waals surface area (Å²) in [6.07, 6.45) is 7.47. The molecule has 1 nitrogen and oxygen atoms in total. The summed E-state index contributed by atoms with van der Waals surface area (Å²) in [4.78, 5) is 0. The first-order valence-electron chi connectivity index (χ1n) is 4.20. The Kier molecular flexibility index (Phi) is 5.63. The normalized spacial score (nSPS) is 14.5. The van der Waals surface area contributed by atoms with Crippen molar-refractivity contribution in [2.24, 2.45) is 11.7 Å². The maximum atomic E-state index is 5.49. The van der Waals surface area contributed by atoms with E-state index in [9.17, 15) is 0 Å². The van der Waals surface area contributed by atoms with Crippen LogP contribution in [0.5, 0.6) is 0 Å². The first-order valence-corrected chi connectivity index (χ1v) is 4.20. The van der Waals surface area contributed by atoms with Crippen LogP contribution in [0.4, 0.5) is 0 Å². The van der Waals surface area contributed by atoms with Crippen molar-refractivity contribution in [3.8, 4) is 0 Å². The molecule has 0 saturated carbocycles. The molecule has 0 aliphatic rings. The Labute approximate surface area is 70.0 Å². The van der Waals surface area contributed by atoms with Crippen LogP contribution in [-0.4, -0.2) is 0 Å². The van der Waals surface area contributed by atoms with Gasteiger partial charge in [0, 0.05) is 5.70 Å². The number of hydrogen-bond acceptors (Lipinski definition) is 1. The second kappa shape index (κ2) is 6.02. The van der Waals surface area contributed by atoms with E-state index in [1.165, 1.54) is 6.42 Å². The second-order valence-corrected chi connectivity index (χ2v) is 3.16. The summed E-state index contributed by atoms with van der Waals surface area (Å²) in [5.41, 5.74) is 6.42. The second-order valence-electron chi connectivity index (χ2n) is 3.16. The van der Waals surface area contributed by atoms with E-state index in [0.717, 1.165) is 24.5 Å². The molecule has 0 radical (unpaired) electrons. The predicted molar refractivity (Wildman–Crippen MR) is 51.2 cm³/mol. The molecule has 1 atom stereocenters. The van der Waals surface area contributed by atoms with Crippen molar-refractivity contribution in [1.29, 1.82) is 0 Å². The van der Waals surface area contributed by atoms with Crippen molar-refractivity contribution in [2.75, 3.05) is 0 Å². The van der Waals surface area contributed by atoms with Gasteiger partial charge in [0.1, 0.15) is 0 Å². The van der Waals surface area contributed by atoms with Crippen molar-refractivity contribution < 1.29 is 0 Å². The zero-order chi connectivity index (χ0) is 8.69. The molecule has 0 heterocycles. The van der Waals surface area contributed by atoms with E-state index < -0.39 is 0 Å². The zero-order valence-electron chi connectivity index (χ0n) is 7.64. The quantitative estimate of drug-likeness (QED) is 0.604. The minimum absolute atomic E-state index is 0.739. The Hall–Kier alpha value is -0.720. The molecular formula is C10H19N. The molecule has 0 bridgehead atoms. The summed E-state index contributed by atoms with van der Waals surface area (Å²) in [6.45, 7) is 7.87. The maximum absolute atomic E-state index is 5.49. The summed E-state index contributed by atoms with van der Waals surface area (Å²) in [7, 11) is 0. The first-order chi connectivity index (χ1) is 5.16. The fourth-order valence-corrected chi connectivity index (χ4v) is 0.998. The summed E-state index contributed by atoms with van der Waals surface area (Å²) in [5.74, 6) is 0.739. The van der Waals surface area contributed by atoms with Crippen LogP contribution < -0.4 is 5.73 Å². The standard InChI is InChI=1S/C10H19N/c1-4-6-9(2)7-5-8-10(3)11/h4,8-9H,1,5-7,11H2,2-3H3/b10-8-. The highest BCUT2D eigenvalue weighted by Gasteiger charge is 1.96. The van der Waals surface area contributed by atoms with E-state index in [4.69, 9.17) is 5.73 Å². The SMILES string of the molecule is C=CCC(C)CC/C=C(/C)N. The third kappa shape index (κ3) is 7.17. The van der Waals surface area contributed by atoms with Crippen LogP contribution in [0.25, 0.3) is 0 Å². The number of rotatable bonds is 5. The summed E-state index contributed by atoms with van der Waals surface area (Å²) in [5, 5.41) is 0. The Morgan fingerprint density at radius 3 is 2.73 bits per heavy atom. The fourth-order valence-electron chi connectivity index (χ4n) is 0.998. The van der Waals surface area contributed by atoms with Gasteiger partial charge in [0.15, 0.2) is 0 Å². The van der Waals surface area contributed by atoms with E-state index in [2.05, 4.69) is 19.6 Å². The summed E-state index contributed by atoms with van der Waals surface area (Å²) in [6, 6.07) is 0. The highest BCUT2D eigenvalue weighted by atomic mass is 14.5. The molecule has 0 aromatic rings. The Balaban J connectivity index is 3.38. The molecule has 0 rings (SSSR count). The number of nitrogens with two attached hydrogens (primary N) is 1.